The Morgan fingerprint density at radius 3 is 2.93 bits per heavy atom. The largest absolute Gasteiger partial charge is 0.375 e. The normalized spacial score (nSPS) is 12.5. The SMILES string of the molecule is CC[C@H](OC)C(=N)c1ccnc(Cl)c1. The molecule has 1 rings (SSSR count). The number of hydrogen-bond acceptors (Lipinski definition) is 3. The summed E-state index contributed by atoms with van der Waals surface area (Å²) >= 11 is 5.73. The van der Waals surface area contributed by atoms with Gasteiger partial charge in [-0.2, -0.15) is 0 Å². The van der Waals surface area contributed by atoms with Crippen molar-refractivity contribution in [3.63, 3.8) is 0 Å². The molecule has 1 aromatic rings. The lowest BCUT2D eigenvalue weighted by molar-refractivity contribution is 0.152. The number of rotatable bonds is 4. The second-order valence-electron chi connectivity index (χ2n) is 2.91. The van der Waals surface area contributed by atoms with Crippen molar-refractivity contribution < 1.29 is 4.74 Å². The summed E-state index contributed by atoms with van der Waals surface area (Å²) in [5.41, 5.74) is 1.21. The van der Waals surface area contributed by atoms with Crippen molar-refractivity contribution in [1.29, 1.82) is 5.41 Å². The Hall–Kier alpha value is -0.930. The van der Waals surface area contributed by atoms with Crippen molar-refractivity contribution in [2.45, 2.75) is 19.4 Å². The van der Waals surface area contributed by atoms with Gasteiger partial charge in [0, 0.05) is 18.9 Å². The molecule has 0 saturated carbocycles. The van der Waals surface area contributed by atoms with E-state index in [4.69, 9.17) is 21.7 Å². The minimum Gasteiger partial charge on any atom is -0.375 e. The number of methoxy groups -OCH3 is 1. The van der Waals surface area contributed by atoms with Gasteiger partial charge < -0.3 is 10.1 Å². The van der Waals surface area contributed by atoms with Crippen molar-refractivity contribution in [3.05, 3.63) is 29.0 Å². The van der Waals surface area contributed by atoms with E-state index in [-0.39, 0.29) is 6.10 Å². The lowest BCUT2D eigenvalue weighted by Gasteiger charge is -2.14. The molecule has 1 aromatic heterocycles. The molecule has 3 nitrogen and oxygen atoms in total. The Balaban J connectivity index is 2.88. The summed E-state index contributed by atoms with van der Waals surface area (Å²) in [6.07, 6.45) is 2.19. The molecule has 0 fully saturated rings. The van der Waals surface area contributed by atoms with Crippen molar-refractivity contribution >= 4 is 17.3 Å². The minimum atomic E-state index is -0.173. The third-order valence-electron chi connectivity index (χ3n) is 2.01. The average molecular weight is 213 g/mol. The van der Waals surface area contributed by atoms with E-state index in [9.17, 15) is 0 Å². The van der Waals surface area contributed by atoms with Crippen LogP contribution in [0.2, 0.25) is 5.15 Å². The van der Waals surface area contributed by atoms with Crippen molar-refractivity contribution in [1.82, 2.24) is 4.98 Å². The van der Waals surface area contributed by atoms with E-state index in [1.807, 2.05) is 6.92 Å². The Labute approximate surface area is 88.6 Å². The highest BCUT2D eigenvalue weighted by Crippen LogP contribution is 2.12. The highest BCUT2D eigenvalue weighted by molar-refractivity contribution is 6.29. The van der Waals surface area contributed by atoms with Crippen LogP contribution < -0.4 is 0 Å². The molecular weight excluding hydrogens is 200 g/mol. The van der Waals surface area contributed by atoms with Crippen LogP contribution in [0.3, 0.4) is 0 Å². The van der Waals surface area contributed by atoms with Gasteiger partial charge in [-0.05, 0) is 18.6 Å². The first-order chi connectivity index (χ1) is 6.69. The fraction of sp³-hybridized carbons (Fsp3) is 0.400. The Morgan fingerprint density at radius 1 is 1.71 bits per heavy atom. The second kappa shape index (κ2) is 5.08. The van der Waals surface area contributed by atoms with Crippen LogP contribution in [0.25, 0.3) is 0 Å². The molecule has 4 heteroatoms. The zero-order valence-electron chi connectivity index (χ0n) is 8.25. The summed E-state index contributed by atoms with van der Waals surface area (Å²) in [6.45, 7) is 1.98. The molecule has 1 N–H and O–H groups in total. The Morgan fingerprint density at radius 2 is 2.43 bits per heavy atom. The van der Waals surface area contributed by atoms with Gasteiger partial charge in [-0.1, -0.05) is 18.5 Å². The zero-order valence-corrected chi connectivity index (χ0v) is 9.01. The number of pyridine rings is 1. The predicted molar refractivity (Wildman–Crippen MR) is 57.2 cm³/mol. The van der Waals surface area contributed by atoms with Crippen molar-refractivity contribution in [3.8, 4) is 0 Å². The lowest BCUT2D eigenvalue weighted by atomic mass is 10.1. The highest BCUT2D eigenvalue weighted by Gasteiger charge is 2.13. The average Bonchev–Trinajstić information content (AvgIpc) is 2.19. The summed E-state index contributed by atoms with van der Waals surface area (Å²) in [6, 6.07) is 3.43. The first-order valence-electron chi connectivity index (χ1n) is 4.42. The predicted octanol–water partition coefficient (Wildman–Crippen LogP) is 2.53. The van der Waals surface area contributed by atoms with E-state index in [1.54, 1.807) is 25.4 Å². The minimum absolute atomic E-state index is 0.173. The van der Waals surface area contributed by atoms with E-state index in [0.717, 1.165) is 12.0 Å². The Kier molecular flexibility index (Phi) is 4.04. The molecule has 0 spiro atoms. The van der Waals surface area contributed by atoms with Gasteiger partial charge in [0.15, 0.2) is 0 Å². The highest BCUT2D eigenvalue weighted by atomic mass is 35.5. The van der Waals surface area contributed by atoms with E-state index in [1.165, 1.54) is 0 Å². The standard InChI is InChI=1S/C10H13ClN2O/c1-3-8(14-2)10(12)7-4-5-13-9(11)6-7/h4-6,8,12H,3H2,1-2H3/t8-/m0/s1. The maximum atomic E-state index is 7.87. The number of hydrogen-bond donors (Lipinski definition) is 1. The third-order valence-corrected chi connectivity index (χ3v) is 2.22. The summed E-state index contributed by atoms with van der Waals surface area (Å²) in [5, 5.41) is 8.27. The number of ether oxygens (including phenoxy) is 1. The molecule has 0 amide bonds. The summed E-state index contributed by atoms with van der Waals surface area (Å²) in [7, 11) is 1.60. The maximum Gasteiger partial charge on any atom is 0.129 e. The topological polar surface area (TPSA) is 46.0 Å². The maximum absolute atomic E-state index is 7.87. The summed E-state index contributed by atoms with van der Waals surface area (Å²) < 4.78 is 5.17. The second-order valence-corrected chi connectivity index (χ2v) is 3.30. The van der Waals surface area contributed by atoms with Gasteiger partial charge in [0.2, 0.25) is 0 Å². The van der Waals surface area contributed by atoms with Gasteiger partial charge in [-0.3, -0.25) is 0 Å². The third kappa shape index (κ3) is 2.53. The molecule has 0 saturated heterocycles. The van der Waals surface area contributed by atoms with Crippen LogP contribution in [0, 0.1) is 5.41 Å². The smallest absolute Gasteiger partial charge is 0.129 e. The molecule has 0 aliphatic rings. The molecule has 76 valence electrons. The number of halogens is 1. The van der Waals surface area contributed by atoms with Gasteiger partial charge in [-0.25, -0.2) is 4.98 Å². The first kappa shape index (κ1) is 11.1. The molecule has 0 unspecified atom stereocenters. The van der Waals surface area contributed by atoms with Gasteiger partial charge in [-0.15, -0.1) is 0 Å². The lowest BCUT2D eigenvalue weighted by Crippen LogP contribution is -2.22. The molecule has 0 bridgehead atoms. The van der Waals surface area contributed by atoms with E-state index < -0.39 is 0 Å². The van der Waals surface area contributed by atoms with Gasteiger partial charge >= 0.3 is 0 Å². The van der Waals surface area contributed by atoms with Crippen LogP contribution in [0.4, 0.5) is 0 Å². The molecule has 14 heavy (non-hydrogen) atoms. The van der Waals surface area contributed by atoms with Gasteiger partial charge in [0.1, 0.15) is 5.15 Å². The summed E-state index contributed by atoms with van der Waals surface area (Å²) in [5.74, 6) is 0. The zero-order chi connectivity index (χ0) is 10.6. The number of nitrogens with zero attached hydrogens (tertiary/aromatic N) is 1. The van der Waals surface area contributed by atoms with Crippen LogP contribution >= 0.6 is 11.6 Å². The van der Waals surface area contributed by atoms with Crippen LogP contribution in [0.5, 0.6) is 0 Å². The van der Waals surface area contributed by atoms with Crippen LogP contribution in [-0.4, -0.2) is 23.9 Å². The molecule has 1 atom stereocenters. The quantitative estimate of drug-likeness (QED) is 0.616. The van der Waals surface area contributed by atoms with Crippen LogP contribution in [0.1, 0.15) is 18.9 Å². The molecule has 0 radical (unpaired) electrons. The molecule has 1 heterocycles. The van der Waals surface area contributed by atoms with E-state index in [0.29, 0.717) is 10.9 Å². The first-order valence-corrected chi connectivity index (χ1v) is 4.80. The fourth-order valence-electron chi connectivity index (χ4n) is 1.24. The molecule has 0 aromatic carbocycles. The van der Waals surface area contributed by atoms with Crippen LogP contribution in [-0.2, 0) is 4.74 Å². The van der Waals surface area contributed by atoms with Crippen molar-refractivity contribution in [2.75, 3.05) is 7.11 Å². The molecule has 0 aliphatic carbocycles. The Bertz CT molecular complexity index is 324. The van der Waals surface area contributed by atoms with E-state index in [2.05, 4.69) is 4.98 Å². The van der Waals surface area contributed by atoms with Crippen LogP contribution in [0.15, 0.2) is 18.3 Å². The van der Waals surface area contributed by atoms with Gasteiger partial charge in [0.05, 0.1) is 11.8 Å². The number of aromatic nitrogens is 1. The van der Waals surface area contributed by atoms with Crippen molar-refractivity contribution in [2.24, 2.45) is 0 Å². The molecule has 0 aliphatic heterocycles. The molecular formula is C10H13ClN2O. The number of nitrogens with one attached hydrogen (secondary N) is 1. The van der Waals surface area contributed by atoms with Gasteiger partial charge in [0.25, 0.3) is 0 Å². The monoisotopic (exact) mass is 212 g/mol. The summed E-state index contributed by atoms with van der Waals surface area (Å²) in [4.78, 5) is 3.86. The van der Waals surface area contributed by atoms with E-state index >= 15 is 0 Å². The fourth-order valence-corrected chi connectivity index (χ4v) is 1.42.